The van der Waals surface area contributed by atoms with E-state index in [1.807, 2.05) is 10.9 Å². The van der Waals surface area contributed by atoms with Gasteiger partial charge < -0.3 is 14.4 Å². The Balaban J connectivity index is 1.30. The number of aryl methyl sites for hydroxylation is 1. The summed E-state index contributed by atoms with van der Waals surface area (Å²) in [6.07, 6.45) is 15.0. The Morgan fingerprint density at radius 1 is 1.00 bits per heavy atom. The number of aromatic nitrogens is 2. The van der Waals surface area contributed by atoms with Gasteiger partial charge in [-0.1, -0.05) is 37.6 Å². The van der Waals surface area contributed by atoms with Crippen molar-refractivity contribution in [2.45, 2.75) is 110 Å². The first-order valence-electron chi connectivity index (χ1n) is 17.1. The second-order valence-electron chi connectivity index (χ2n) is 13.4. The first kappa shape index (κ1) is 32.3. The first-order chi connectivity index (χ1) is 21.4. The molecule has 44 heavy (non-hydrogen) atoms. The molecule has 2 saturated carbocycles. The van der Waals surface area contributed by atoms with Crippen molar-refractivity contribution in [1.82, 2.24) is 9.78 Å². The molecule has 0 bridgehead atoms. The Hall–Kier alpha value is -3.12. The highest BCUT2D eigenvalue weighted by atomic mass is 16.5. The number of carbonyl (C=O) groups excluding carboxylic acids is 1. The number of unbranched alkanes of at least 4 members (excludes halogenated alkanes) is 1. The highest BCUT2D eigenvalue weighted by Gasteiger charge is 2.33. The number of hydrogen-bond acceptors (Lipinski definition) is 4. The van der Waals surface area contributed by atoms with Crippen molar-refractivity contribution in [2.75, 3.05) is 25.2 Å². The van der Waals surface area contributed by atoms with Crippen molar-refractivity contribution < 1.29 is 14.3 Å². The lowest BCUT2D eigenvalue weighted by atomic mass is 9.78. The van der Waals surface area contributed by atoms with E-state index >= 15 is 0 Å². The third-order valence-corrected chi connectivity index (χ3v) is 9.94. The molecule has 0 spiro atoms. The molecular formula is C38H53N3O3. The van der Waals surface area contributed by atoms with E-state index in [0.717, 1.165) is 99.9 Å². The van der Waals surface area contributed by atoms with E-state index in [0.29, 0.717) is 29.9 Å². The van der Waals surface area contributed by atoms with E-state index < -0.39 is 0 Å². The number of anilines is 1. The summed E-state index contributed by atoms with van der Waals surface area (Å²) in [5.41, 5.74) is 5.83. The zero-order chi connectivity index (χ0) is 31.1. The number of benzene rings is 2. The zero-order valence-corrected chi connectivity index (χ0v) is 27.6. The number of carbonyl (C=O) groups is 1. The molecule has 0 unspecified atom stereocenters. The first-order valence-corrected chi connectivity index (χ1v) is 17.1. The van der Waals surface area contributed by atoms with Crippen LogP contribution < -0.4 is 9.64 Å². The lowest BCUT2D eigenvalue weighted by Crippen LogP contribution is -2.42. The highest BCUT2D eigenvalue weighted by Crippen LogP contribution is 2.39. The summed E-state index contributed by atoms with van der Waals surface area (Å²) in [6.45, 7) is 10.2. The Bertz CT molecular complexity index is 1350. The lowest BCUT2D eigenvalue weighted by Gasteiger charge is -2.36. The normalized spacial score (nSPS) is 22.2. The number of rotatable bonds is 12. The van der Waals surface area contributed by atoms with Crippen LogP contribution in [0, 0.1) is 18.8 Å². The Labute approximate surface area is 265 Å². The van der Waals surface area contributed by atoms with Crippen LogP contribution in [0.3, 0.4) is 0 Å². The summed E-state index contributed by atoms with van der Waals surface area (Å²) in [6, 6.07) is 15.5. The van der Waals surface area contributed by atoms with Gasteiger partial charge in [-0.3, -0.25) is 9.48 Å². The van der Waals surface area contributed by atoms with Gasteiger partial charge in [-0.05, 0) is 125 Å². The molecule has 2 fully saturated rings. The Morgan fingerprint density at radius 2 is 1.77 bits per heavy atom. The average molecular weight is 600 g/mol. The maximum Gasteiger partial charge on any atom is 0.230 e. The van der Waals surface area contributed by atoms with E-state index in [4.69, 9.17) is 9.47 Å². The van der Waals surface area contributed by atoms with E-state index in [9.17, 15) is 4.79 Å². The molecule has 6 heteroatoms. The maximum atomic E-state index is 14.3. The molecule has 0 N–H and O–H groups in total. The van der Waals surface area contributed by atoms with Crippen LogP contribution in [0.5, 0.6) is 5.75 Å². The second-order valence-corrected chi connectivity index (χ2v) is 13.4. The van der Waals surface area contributed by atoms with Gasteiger partial charge in [0.25, 0.3) is 0 Å². The van der Waals surface area contributed by atoms with Crippen LogP contribution in [0.1, 0.15) is 108 Å². The van der Waals surface area contributed by atoms with Crippen molar-refractivity contribution in [3.8, 4) is 16.9 Å². The molecule has 0 saturated heterocycles. The molecule has 0 atom stereocenters. The van der Waals surface area contributed by atoms with Crippen LogP contribution >= 0.6 is 0 Å². The standard InChI is InChI=1S/C38H53N3O3/c1-6-7-21-44-36-18-15-31(16-19-36)38(42)40(35-10-8-9-32(23-35)34-24-39-41(26-34)27(2)3)25-29-11-13-30(14-12-29)33-17-20-37(43-5)28(4)22-33/h8-10,17,20,22-24,26-27,29-31,36H,6-7,11-16,18-19,21,25H2,1-5H3. The molecule has 6 nitrogen and oxygen atoms in total. The van der Waals surface area contributed by atoms with Crippen molar-refractivity contribution in [2.24, 2.45) is 11.8 Å². The van der Waals surface area contributed by atoms with Crippen LogP contribution in [0.15, 0.2) is 54.9 Å². The second kappa shape index (κ2) is 15.2. The van der Waals surface area contributed by atoms with Crippen molar-refractivity contribution in [3.05, 3.63) is 66.0 Å². The fraction of sp³-hybridized carbons (Fsp3) is 0.579. The third-order valence-electron chi connectivity index (χ3n) is 9.94. The number of nitrogens with zero attached hydrogens (tertiary/aromatic N) is 3. The van der Waals surface area contributed by atoms with Crippen LogP contribution in [-0.4, -0.2) is 42.1 Å². The Kier molecular flexibility index (Phi) is 11.2. The molecular weight excluding hydrogens is 546 g/mol. The van der Waals surface area contributed by atoms with Gasteiger partial charge in [-0.15, -0.1) is 0 Å². The van der Waals surface area contributed by atoms with Gasteiger partial charge in [0.1, 0.15) is 5.75 Å². The molecule has 3 aromatic rings. The Morgan fingerprint density at radius 3 is 2.43 bits per heavy atom. The molecule has 1 heterocycles. The van der Waals surface area contributed by atoms with Gasteiger partial charge in [0.2, 0.25) is 5.91 Å². The fourth-order valence-corrected chi connectivity index (χ4v) is 7.13. The van der Waals surface area contributed by atoms with Gasteiger partial charge in [0.15, 0.2) is 0 Å². The van der Waals surface area contributed by atoms with Crippen LogP contribution in [0.4, 0.5) is 5.69 Å². The molecule has 2 aliphatic rings. The third kappa shape index (κ3) is 7.93. The number of hydrogen-bond donors (Lipinski definition) is 0. The molecule has 1 aromatic heterocycles. The number of amides is 1. The highest BCUT2D eigenvalue weighted by molar-refractivity contribution is 5.95. The van der Waals surface area contributed by atoms with Crippen LogP contribution in [0.2, 0.25) is 0 Å². The largest absolute Gasteiger partial charge is 0.496 e. The maximum absolute atomic E-state index is 14.3. The summed E-state index contributed by atoms with van der Waals surface area (Å²) in [4.78, 5) is 16.5. The average Bonchev–Trinajstić information content (AvgIpc) is 3.55. The SMILES string of the molecule is CCCCOC1CCC(C(=O)N(CC2CCC(c3ccc(OC)c(C)c3)CC2)c2cccc(-c3cnn(C(C)C)c3)c2)CC1. The monoisotopic (exact) mass is 599 g/mol. The zero-order valence-electron chi connectivity index (χ0n) is 27.6. The van der Waals surface area contributed by atoms with Crippen molar-refractivity contribution in [1.29, 1.82) is 0 Å². The molecule has 5 rings (SSSR count). The summed E-state index contributed by atoms with van der Waals surface area (Å²) >= 11 is 0. The minimum absolute atomic E-state index is 0.0620. The summed E-state index contributed by atoms with van der Waals surface area (Å²) in [5, 5.41) is 4.57. The molecule has 0 radical (unpaired) electrons. The van der Waals surface area contributed by atoms with Gasteiger partial charge >= 0.3 is 0 Å². The van der Waals surface area contributed by atoms with Crippen molar-refractivity contribution in [3.63, 3.8) is 0 Å². The van der Waals surface area contributed by atoms with E-state index in [1.165, 1.54) is 11.1 Å². The predicted molar refractivity (Wildman–Crippen MR) is 179 cm³/mol. The van der Waals surface area contributed by atoms with Crippen LogP contribution in [0.25, 0.3) is 11.1 Å². The van der Waals surface area contributed by atoms with Crippen LogP contribution in [-0.2, 0) is 9.53 Å². The van der Waals surface area contributed by atoms with Crippen molar-refractivity contribution >= 4 is 11.6 Å². The molecule has 238 valence electrons. The molecule has 2 aliphatic carbocycles. The molecule has 0 aliphatic heterocycles. The lowest BCUT2D eigenvalue weighted by molar-refractivity contribution is -0.124. The van der Waals surface area contributed by atoms with E-state index in [2.05, 4.69) is 86.4 Å². The quantitative estimate of drug-likeness (QED) is 0.195. The smallest absolute Gasteiger partial charge is 0.230 e. The number of methoxy groups -OCH3 is 1. The van der Waals surface area contributed by atoms with Gasteiger partial charge in [0.05, 0.1) is 19.4 Å². The minimum Gasteiger partial charge on any atom is -0.496 e. The van der Waals surface area contributed by atoms with E-state index in [-0.39, 0.29) is 5.92 Å². The van der Waals surface area contributed by atoms with E-state index in [1.54, 1.807) is 7.11 Å². The summed E-state index contributed by atoms with van der Waals surface area (Å²) in [7, 11) is 1.74. The molecule has 2 aromatic carbocycles. The summed E-state index contributed by atoms with van der Waals surface area (Å²) in [5.74, 6) is 2.38. The van der Waals surface area contributed by atoms with Gasteiger partial charge in [-0.25, -0.2) is 0 Å². The number of ether oxygens (including phenoxy) is 2. The molecule has 1 amide bonds. The topological polar surface area (TPSA) is 56.6 Å². The summed E-state index contributed by atoms with van der Waals surface area (Å²) < 4.78 is 13.6. The fourth-order valence-electron chi connectivity index (χ4n) is 7.13. The predicted octanol–water partition coefficient (Wildman–Crippen LogP) is 9.13. The van der Waals surface area contributed by atoms with Gasteiger partial charge in [-0.2, -0.15) is 5.10 Å². The van der Waals surface area contributed by atoms with Gasteiger partial charge in [0, 0.05) is 42.6 Å². The minimum atomic E-state index is 0.0620.